The first kappa shape index (κ1) is 23.2. The van der Waals surface area contributed by atoms with Crippen molar-refractivity contribution in [3.63, 3.8) is 0 Å². The Morgan fingerprint density at radius 3 is 2.21 bits per heavy atom. The predicted octanol–water partition coefficient (Wildman–Crippen LogP) is 4.79. The highest BCUT2D eigenvalue weighted by Gasteiger charge is 2.44. The first-order valence-electron chi connectivity index (χ1n) is 11.3. The second-order valence-corrected chi connectivity index (χ2v) is 8.68. The molecule has 3 aromatic rings. The van der Waals surface area contributed by atoms with Crippen LogP contribution in [0, 0.1) is 0 Å². The number of ether oxygens (including phenoxy) is 1. The molecule has 4 rings (SSSR count). The Hall–Kier alpha value is -3.93. The van der Waals surface area contributed by atoms with Gasteiger partial charge in [-0.3, -0.25) is 14.4 Å². The van der Waals surface area contributed by atoms with Gasteiger partial charge >= 0.3 is 0 Å². The van der Waals surface area contributed by atoms with Gasteiger partial charge in [-0.2, -0.15) is 0 Å². The first-order valence-corrected chi connectivity index (χ1v) is 11.3. The van der Waals surface area contributed by atoms with E-state index in [-0.39, 0.29) is 30.7 Å². The van der Waals surface area contributed by atoms with Gasteiger partial charge in [0, 0.05) is 12.1 Å². The van der Waals surface area contributed by atoms with Gasteiger partial charge in [-0.05, 0) is 53.4 Å². The number of imide groups is 1. The molecule has 34 heavy (non-hydrogen) atoms. The molecule has 3 amide bonds. The Balaban J connectivity index is 1.65. The molecule has 6 heteroatoms. The van der Waals surface area contributed by atoms with E-state index in [1.165, 1.54) is 9.80 Å². The molecule has 3 aromatic carbocycles. The number of carbonyl (C=O) groups is 3. The maximum atomic E-state index is 13.6. The monoisotopic (exact) mass is 456 g/mol. The van der Waals surface area contributed by atoms with E-state index in [0.717, 1.165) is 11.1 Å². The zero-order valence-corrected chi connectivity index (χ0v) is 19.6. The van der Waals surface area contributed by atoms with E-state index in [0.29, 0.717) is 22.9 Å². The molecule has 0 saturated carbocycles. The van der Waals surface area contributed by atoms with Crippen LogP contribution in [0.3, 0.4) is 0 Å². The molecule has 1 aliphatic heterocycles. The molecular weight excluding hydrogens is 428 g/mol. The first-order chi connectivity index (χ1) is 16.4. The topological polar surface area (TPSA) is 66.9 Å². The zero-order chi connectivity index (χ0) is 24.2. The molecule has 1 aliphatic rings. The maximum absolute atomic E-state index is 13.6. The summed E-state index contributed by atoms with van der Waals surface area (Å²) in [5.74, 6) is -0.0350. The number of methoxy groups -OCH3 is 1. The van der Waals surface area contributed by atoms with Gasteiger partial charge in [0.25, 0.3) is 11.8 Å². The van der Waals surface area contributed by atoms with Crippen molar-refractivity contribution in [1.29, 1.82) is 0 Å². The second kappa shape index (κ2) is 9.91. The average Bonchev–Trinajstić information content (AvgIpc) is 3.16. The van der Waals surface area contributed by atoms with Gasteiger partial charge in [0.05, 0.1) is 19.2 Å². The van der Waals surface area contributed by atoms with Crippen LogP contribution in [0.2, 0.25) is 0 Å². The van der Waals surface area contributed by atoms with Gasteiger partial charge < -0.3 is 9.64 Å². The van der Waals surface area contributed by atoms with Crippen molar-refractivity contribution < 1.29 is 19.1 Å². The van der Waals surface area contributed by atoms with Crippen molar-refractivity contribution in [1.82, 2.24) is 4.90 Å². The molecule has 1 saturated heterocycles. The summed E-state index contributed by atoms with van der Waals surface area (Å²) in [6.45, 7) is 4.39. The number of anilines is 1. The third kappa shape index (κ3) is 4.71. The quantitative estimate of drug-likeness (QED) is 0.480. The smallest absolute Gasteiger partial charge is 0.257 e. The second-order valence-electron chi connectivity index (χ2n) is 8.68. The molecule has 0 aliphatic carbocycles. The van der Waals surface area contributed by atoms with Crippen molar-refractivity contribution in [2.24, 2.45) is 0 Å². The molecule has 1 unspecified atom stereocenters. The predicted molar refractivity (Wildman–Crippen MR) is 131 cm³/mol. The highest BCUT2D eigenvalue weighted by atomic mass is 16.5. The summed E-state index contributed by atoms with van der Waals surface area (Å²) in [5.41, 5.74) is 2.96. The maximum Gasteiger partial charge on any atom is 0.257 e. The Morgan fingerprint density at radius 1 is 0.971 bits per heavy atom. The lowest BCUT2D eigenvalue weighted by Gasteiger charge is -2.28. The van der Waals surface area contributed by atoms with Gasteiger partial charge in [0.2, 0.25) is 5.91 Å². The Morgan fingerprint density at radius 2 is 1.62 bits per heavy atom. The van der Waals surface area contributed by atoms with Crippen LogP contribution in [0.15, 0.2) is 78.9 Å². The summed E-state index contributed by atoms with van der Waals surface area (Å²) < 4.78 is 5.19. The summed E-state index contributed by atoms with van der Waals surface area (Å²) in [4.78, 5) is 42.7. The zero-order valence-electron chi connectivity index (χ0n) is 19.6. The summed E-state index contributed by atoms with van der Waals surface area (Å²) in [6.07, 6.45) is -0.0561. The van der Waals surface area contributed by atoms with E-state index in [2.05, 4.69) is 13.8 Å². The SMILES string of the molecule is COc1ccc(C(=O)N(Cc2ccccc2)C2CC(=O)N(c3ccc(C(C)C)cc3)C2=O)cc1. The van der Waals surface area contributed by atoms with Crippen LogP contribution in [0.1, 0.15) is 47.7 Å². The molecule has 6 nitrogen and oxygen atoms in total. The van der Waals surface area contributed by atoms with Crippen LogP contribution in [0.5, 0.6) is 5.75 Å². The molecule has 1 fully saturated rings. The molecule has 0 spiro atoms. The molecule has 174 valence electrons. The van der Waals surface area contributed by atoms with Crippen molar-refractivity contribution in [2.45, 2.75) is 38.8 Å². The van der Waals surface area contributed by atoms with E-state index in [9.17, 15) is 14.4 Å². The minimum atomic E-state index is -0.882. The van der Waals surface area contributed by atoms with E-state index in [4.69, 9.17) is 4.74 Å². The van der Waals surface area contributed by atoms with Crippen molar-refractivity contribution in [2.75, 3.05) is 12.0 Å². The summed E-state index contributed by atoms with van der Waals surface area (Å²) in [6, 6.07) is 22.8. The standard InChI is InChI=1S/C28H28N2O4/c1-19(2)21-9-13-23(14-10-21)30-26(31)17-25(28(30)33)29(18-20-7-5-4-6-8-20)27(32)22-11-15-24(34-3)16-12-22/h4-16,19,25H,17-18H2,1-3H3. The van der Waals surface area contributed by atoms with Gasteiger partial charge in [0.1, 0.15) is 11.8 Å². The number of carbonyl (C=O) groups excluding carboxylic acids is 3. The number of hydrogen-bond acceptors (Lipinski definition) is 4. The number of hydrogen-bond donors (Lipinski definition) is 0. The molecule has 1 heterocycles. The molecule has 1 atom stereocenters. The van der Waals surface area contributed by atoms with E-state index >= 15 is 0 Å². The van der Waals surface area contributed by atoms with Crippen LogP contribution < -0.4 is 9.64 Å². The summed E-state index contributed by atoms with van der Waals surface area (Å²) in [7, 11) is 1.56. The molecule has 0 N–H and O–H groups in total. The molecule has 0 bridgehead atoms. The van der Waals surface area contributed by atoms with Crippen LogP contribution in [0.25, 0.3) is 0 Å². The fourth-order valence-electron chi connectivity index (χ4n) is 4.14. The normalized spacial score (nSPS) is 15.6. The van der Waals surface area contributed by atoms with Gasteiger partial charge in [-0.1, -0.05) is 56.3 Å². The lowest BCUT2D eigenvalue weighted by Crippen LogP contribution is -2.45. The fraction of sp³-hybridized carbons (Fsp3) is 0.250. The van der Waals surface area contributed by atoms with Crippen molar-refractivity contribution in [3.8, 4) is 5.75 Å². The van der Waals surface area contributed by atoms with Crippen LogP contribution in [-0.2, 0) is 16.1 Å². The summed E-state index contributed by atoms with van der Waals surface area (Å²) >= 11 is 0. The molecular formula is C28H28N2O4. The van der Waals surface area contributed by atoms with E-state index < -0.39 is 6.04 Å². The Kier molecular flexibility index (Phi) is 6.77. The van der Waals surface area contributed by atoms with Gasteiger partial charge in [0.15, 0.2) is 0 Å². The van der Waals surface area contributed by atoms with Gasteiger partial charge in [-0.15, -0.1) is 0 Å². The van der Waals surface area contributed by atoms with Crippen LogP contribution >= 0.6 is 0 Å². The summed E-state index contributed by atoms with van der Waals surface area (Å²) in [5, 5.41) is 0. The number of benzene rings is 3. The van der Waals surface area contributed by atoms with E-state index in [1.54, 1.807) is 43.5 Å². The van der Waals surface area contributed by atoms with E-state index in [1.807, 2.05) is 42.5 Å². The lowest BCUT2D eigenvalue weighted by molar-refractivity contribution is -0.122. The number of rotatable bonds is 7. The Labute approximate surface area is 199 Å². The average molecular weight is 457 g/mol. The van der Waals surface area contributed by atoms with Gasteiger partial charge in [-0.25, -0.2) is 4.90 Å². The number of nitrogens with zero attached hydrogens (tertiary/aromatic N) is 2. The van der Waals surface area contributed by atoms with Crippen LogP contribution in [0.4, 0.5) is 5.69 Å². The Bertz CT molecular complexity index is 1170. The molecule has 0 aromatic heterocycles. The van der Waals surface area contributed by atoms with Crippen molar-refractivity contribution in [3.05, 3.63) is 95.6 Å². The van der Waals surface area contributed by atoms with Crippen LogP contribution in [-0.4, -0.2) is 35.8 Å². The number of amides is 3. The molecule has 0 radical (unpaired) electrons. The minimum Gasteiger partial charge on any atom is -0.497 e. The lowest BCUT2D eigenvalue weighted by atomic mass is 10.0. The third-order valence-corrected chi connectivity index (χ3v) is 6.11. The highest BCUT2D eigenvalue weighted by molar-refractivity contribution is 6.23. The fourth-order valence-corrected chi connectivity index (χ4v) is 4.14. The minimum absolute atomic E-state index is 0.0561. The highest BCUT2D eigenvalue weighted by Crippen LogP contribution is 2.29. The van der Waals surface area contributed by atoms with Crippen molar-refractivity contribution >= 4 is 23.4 Å². The third-order valence-electron chi connectivity index (χ3n) is 6.11. The largest absolute Gasteiger partial charge is 0.497 e.